The van der Waals surface area contributed by atoms with Crippen molar-refractivity contribution in [1.29, 1.82) is 0 Å². The molecule has 0 saturated heterocycles. The lowest BCUT2D eigenvalue weighted by atomic mass is 9.87. The smallest absolute Gasteiger partial charge is 0.228 e. The summed E-state index contributed by atoms with van der Waals surface area (Å²) in [5, 5.41) is 2.93. The Labute approximate surface area is 109 Å². The number of ether oxygens (including phenoxy) is 1. The number of hydrogen-bond donors (Lipinski definition) is 1. The highest BCUT2D eigenvalue weighted by Gasteiger charge is 2.29. The van der Waals surface area contributed by atoms with E-state index in [1.54, 1.807) is 0 Å². The Hall–Kier alpha value is -1.51. The number of anilines is 1. The van der Waals surface area contributed by atoms with E-state index in [4.69, 9.17) is 4.74 Å². The zero-order chi connectivity index (χ0) is 13.6. The minimum Gasteiger partial charge on any atom is -0.485 e. The Balaban J connectivity index is 2.45. The van der Waals surface area contributed by atoms with Gasteiger partial charge in [-0.15, -0.1) is 0 Å². The summed E-state index contributed by atoms with van der Waals surface area (Å²) in [4.78, 5) is 11.8. The van der Waals surface area contributed by atoms with Gasteiger partial charge in [-0.2, -0.15) is 0 Å². The normalized spacial score (nSPS) is 18.4. The lowest BCUT2D eigenvalue weighted by molar-refractivity contribution is -0.118. The molecule has 0 atom stereocenters. The zero-order valence-corrected chi connectivity index (χ0v) is 11.8. The monoisotopic (exact) mass is 247 g/mol. The second-order valence-corrected chi connectivity index (χ2v) is 6.55. The average Bonchev–Trinajstić information content (AvgIpc) is 2.27. The summed E-state index contributed by atoms with van der Waals surface area (Å²) in [6, 6.07) is 6.02. The minimum absolute atomic E-state index is 0.00445. The summed E-state index contributed by atoms with van der Waals surface area (Å²) >= 11 is 0. The fourth-order valence-corrected chi connectivity index (χ4v) is 2.10. The predicted molar refractivity (Wildman–Crippen MR) is 73.1 cm³/mol. The van der Waals surface area contributed by atoms with Gasteiger partial charge in [-0.05, 0) is 37.0 Å². The molecule has 1 aromatic carbocycles. The van der Waals surface area contributed by atoms with E-state index in [1.165, 1.54) is 5.56 Å². The molecule has 3 nitrogen and oxygen atoms in total. The van der Waals surface area contributed by atoms with Crippen LogP contribution >= 0.6 is 0 Å². The molecule has 1 aliphatic heterocycles. The number of carbonyl (C=O) groups is 1. The van der Waals surface area contributed by atoms with Crippen molar-refractivity contribution in [1.82, 2.24) is 0 Å². The minimum atomic E-state index is -0.460. The molecular weight excluding hydrogens is 226 g/mol. The van der Waals surface area contributed by atoms with Gasteiger partial charge in [0.25, 0.3) is 0 Å². The van der Waals surface area contributed by atoms with Gasteiger partial charge in [-0.1, -0.05) is 26.8 Å². The Morgan fingerprint density at radius 2 is 1.94 bits per heavy atom. The molecule has 0 radical (unpaired) electrons. The third kappa shape index (κ3) is 2.66. The molecule has 0 aliphatic carbocycles. The van der Waals surface area contributed by atoms with Gasteiger partial charge in [0.15, 0.2) is 0 Å². The molecule has 1 N–H and O–H groups in total. The van der Waals surface area contributed by atoms with Crippen LogP contribution in [0.4, 0.5) is 5.69 Å². The fourth-order valence-electron chi connectivity index (χ4n) is 2.10. The first kappa shape index (κ1) is 12.9. The number of nitrogens with one attached hydrogen (secondary N) is 1. The molecule has 0 aromatic heterocycles. The number of fused-ring (bicyclic) bond motifs is 1. The number of amides is 1. The molecule has 0 bridgehead atoms. The van der Waals surface area contributed by atoms with Crippen LogP contribution in [0.3, 0.4) is 0 Å². The average molecular weight is 247 g/mol. The Bertz CT molecular complexity index is 484. The first-order valence-corrected chi connectivity index (χ1v) is 6.31. The zero-order valence-electron chi connectivity index (χ0n) is 11.8. The van der Waals surface area contributed by atoms with Gasteiger partial charge in [0.05, 0.1) is 12.1 Å². The van der Waals surface area contributed by atoms with E-state index in [1.807, 2.05) is 26.0 Å². The summed E-state index contributed by atoms with van der Waals surface area (Å²) in [6.45, 7) is 10.3. The molecular formula is C15H21NO2. The van der Waals surface area contributed by atoms with Gasteiger partial charge >= 0.3 is 0 Å². The highest BCUT2D eigenvalue weighted by molar-refractivity contribution is 5.93. The van der Waals surface area contributed by atoms with Gasteiger partial charge in [-0.25, -0.2) is 0 Å². The van der Waals surface area contributed by atoms with Gasteiger partial charge in [0.2, 0.25) is 5.91 Å². The molecule has 1 heterocycles. The molecule has 1 amide bonds. The van der Waals surface area contributed by atoms with Crippen LogP contribution in [0.15, 0.2) is 18.2 Å². The summed E-state index contributed by atoms with van der Waals surface area (Å²) in [7, 11) is 0. The number of hydrogen-bond acceptors (Lipinski definition) is 2. The summed E-state index contributed by atoms with van der Waals surface area (Å²) in [5.41, 5.74) is 1.56. The fraction of sp³-hybridized carbons (Fsp3) is 0.533. The first-order chi connectivity index (χ1) is 8.17. The van der Waals surface area contributed by atoms with E-state index in [9.17, 15) is 4.79 Å². The maximum atomic E-state index is 11.8. The maximum Gasteiger partial charge on any atom is 0.228 e. The van der Waals surface area contributed by atoms with Crippen LogP contribution in [0.1, 0.15) is 46.6 Å². The first-order valence-electron chi connectivity index (χ1n) is 6.31. The van der Waals surface area contributed by atoms with Crippen molar-refractivity contribution in [3.63, 3.8) is 0 Å². The number of benzene rings is 1. The second-order valence-electron chi connectivity index (χ2n) is 6.55. The molecule has 1 aromatic rings. The molecule has 0 unspecified atom stereocenters. The Morgan fingerprint density at radius 1 is 1.28 bits per heavy atom. The van der Waals surface area contributed by atoms with Crippen molar-refractivity contribution in [2.45, 2.75) is 52.1 Å². The van der Waals surface area contributed by atoms with Gasteiger partial charge in [-0.3, -0.25) is 4.79 Å². The summed E-state index contributed by atoms with van der Waals surface area (Å²) < 4.78 is 5.90. The van der Waals surface area contributed by atoms with Crippen LogP contribution in [-0.2, 0) is 10.2 Å². The van der Waals surface area contributed by atoms with Crippen molar-refractivity contribution < 1.29 is 9.53 Å². The summed E-state index contributed by atoms with van der Waals surface area (Å²) in [5.74, 6) is 0.753. The Kier molecular flexibility index (Phi) is 2.88. The molecule has 2 rings (SSSR count). The molecule has 0 fully saturated rings. The van der Waals surface area contributed by atoms with Crippen LogP contribution in [0.25, 0.3) is 0 Å². The lowest BCUT2D eigenvalue weighted by Crippen LogP contribution is -2.30. The van der Waals surface area contributed by atoms with Gasteiger partial charge in [0.1, 0.15) is 11.4 Å². The molecule has 18 heavy (non-hydrogen) atoms. The predicted octanol–water partition coefficient (Wildman–Crippen LogP) is 3.48. The van der Waals surface area contributed by atoms with Gasteiger partial charge < -0.3 is 10.1 Å². The van der Waals surface area contributed by atoms with Crippen LogP contribution in [0, 0.1) is 0 Å². The quantitative estimate of drug-likeness (QED) is 0.762. The van der Waals surface area contributed by atoms with Crippen molar-refractivity contribution in [2.24, 2.45) is 0 Å². The number of carbonyl (C=O) groups excluding carboxylic acids is 1. The second kappa shape index (κ2) is 4.01. The van der Waals surface area contributed by atoms with E-state index in [0.717, 1.165) is 11.4 Å². The van der Waals surface area contributed by atoms with Crippen molar-refractivity contribution in [3.8, 4) is 5.75 Å². The van der Waals surface area contributed by atoms with Crippen LogP contribution in [-0.4, -0.2) is 11.5 Å². The topological polar surface area (TPSA) is 38.3 Å². The molecule has 1 aliphatic rings. The van der Waals surface area contributed by atoms with Gasteiger partial charge in [0, 0.05) is 0 Å². The summed E-state index contributed by atoms with van der Waals surface area (Å²) in [6.07, 6.45) is 0.368. The lowest BCUT2D eigenvalue weighted by Gasteiger charge is -2.24. The standard InChI is InChI=1S/C15H21NO2/c1-14(2,3)10-6-7-12-11(8-10)16-13(17)9-15(4,5)18-12/h6-8H,9H2,1-5H3,(H,16,17). The number of rotatable bonds is 0. The molecule has 0 spiro atoms. The van der Waals surface area contributed by atoms with Crippen molar-refractivity contribution in [2.75, 3.05) is 5.32 Å². The SMILES string of the molecule is CC1(C)CC(=O)Nc2cc(C(C)(C)C)ccc2O1. The van der Waals surface area contributed by atoms with E-state index >= 15 is 0 Å². The van der Waals surface area contributed by atoms with E-state index in [2.05, 4.69) is 32.2 Å². The third-order valence-electron chi connectivity index (χ3n) is 3.09. The molecule has 98 valence electrons. The Morgan fingerprint density at radius 3 is 2.56 bits per heavy atom. The van der Waals surface area contributed by atoms with Crippen molar-refractivity contribution >= 4 is 11.6 Å². The van der Waals surface area contributed by atoms with Crippen LogP contribution in [0.5, 0.6) is 5.75 Å². The van der Waals surface area contributed by atoms with Crippen molar-refractivity contribution in [3.05, 3.63) is 23.8 Å². The van der Waals surface area contributed by atoms with E-state index in [0.29, 0.717) is 6.42 Å². The largest absolute Gasteiger partial charge is 0.485 e. The van der Waals surface area contributed by atoms with E-state index in [-0.39, 0.29) is 11.3 Å². The van der Waals surface area contributed by atoms with E-state index < -0.39 is 5.60 Å². The highest BCUT2D eigenvalue weighted by atomic mass is 16.5. The van der Waals surface area contributed by atoms with Crippen LogP contribution < -0.4 is 10.1 Å². The molecule has 3 heteroatoms. The highest BCUT2D eigenvalue weighted by Crippen LogP contribution is 2.36. The van der Waals surface area contributed by atoms with Crippen LogP contribution in [0.2, 0.25) is 0 Å². The third-order valence-corrected chi connectivity index (χ3v) is 3.09. The molecule has 0 saturated carbocycles. The maximum absolute atomic E-state index is 11.8.